The van der Waals surface area contributed by atoms with E-state index in [2.05, 4.69) is 0 Å². The molecule has 0 aliphatic heterocycles. The van der Waals surface area contributed by atoms with Crippen LogP contribution in [0.5, 0.6) is 0 Å². The molecule has 0 radical (unpaired) electrons. The maximum absolute atomic E-state index is 9.63. The number of benzene rings is 1. The molecule has 0 aliphatic carbocycles. The fraction of sp³-hybridized carbons (Fsp3) is 0.455. The lowest BCUT2D eigenvalue weighted by molar-refractivity contribution is -0.110. The molecule has 3 nitrogen and oxygen atoms in total. The molecule has 2 atom stereocenters. The van der Waals surface area contributed by atoms with E-state index in [1.807, 2.05) is 0 Å². The van der Waals surface area contributed by atoms with Crippen molar-refractivity contribution in [2.75, 3.05) is 13.9 Å². The highest BCUT2D eigenvalue weighted by atomic mass is 35.5. The molecule has 0 aromatic heterocycles. The molecule has 0 unspecified atom stereocenters. The first-order valence-electron chi connectivity index (χ1n) is 4.80. The topological polar surface area (TPSA) is 38.7 Å². The lowest BCUT2D eigenvalue weighted by atomic mass is 10.1. The van der Waals surface area contributed by atoms with Gasteiger partial charge < -0.3 is 14.6 Å². The summed E-state index contributed by atoms with van der Waals surface area (Å²) in [6, 6.07) is 5.21. The molecule has 5 heteroatoms. The van der Waals surface area contributed by atoms with Gasteiger partial charge in [-0.05, 0) is 13.0 Å². The molecule has 1 aromatic rings. The van der Waals surface area contributed by atoms with Crippen molar-refractivity contribution >= 4 is 23.2 Å². The van der Waals surface area contributed by atoms with Crippen molar-refractivity contribution in [3.63, 3.8) is 0 Å². The third-order valence-electron chi connectivity index (χ3n) is 2.09. The van der Waals surface area contributed by atoms with Crippen molar-refractivity contribution in [3.05, 3.63) is 33.8 Å². The molecule has 0 spiro atoms. The van der Waals surface area contributed by atoms with Crippen LogP contribution < -0.4 is 0 Å². The molecule has 1 N–H and O–H groups in total. The Balaban J connectivity index is 2.96. The van der Waals surface area contributed by atoms with E-state index in [1.54, 1.807) is 25.1 Å². The summed E-state index contributed by atoms with van der Waals surface area (Å²) >= 11 is 11.9. The van der Waals surface area contributed by atoms with Crippen LogP contribution in [0.1, 0.15) is 18.6 Å². The molecule has 0 bridgehead atoms. The minimum Gasteiger partial charge on any atom is -0.390 e. The van der Waals surface area contributed by atoms with Gasteiger partial charge in [0.2, 0.25) is 0 Å². The average molecular weight is 265 g/mol. The van der Waals surface area contributed by atoms with Crippen LogP contribution in [0, 0.1) is 0 Å². The van der Waals surface area contributed by atoms with Gasteiger partial charge in [0.15, 0.2) is 0 Å². The summed E-state index contributed by atoms with van der Waals surface area (Å²) in [4.78, 5) is 0. The van der Waals surface area contributed by atoms with E-state index in [-0.39, 0.29) is 6.79 Å². The fourth-order valence-electron chi connectivity index (χ4n) is 1.37. The minimum absolute atomic E-state index is 0.0818. The Morgan fingerprint density at radius 3 is 2.62 bits per heavy atom. The summed E-state index contributed by atoms with van der Waals surface area (Å²) < 4.78 is 10.2. The van der Waals surface area contributed by atoms with Crippen LogP contribution in [0.15, 0.2) is 18.2 Å². The Bertz CT molecular complexity index is 342. The predicted octanol–water partition coefficient (Wildman–Crippen LogP) is 3.04. The Labute approximate surface area is 105 Å². The molecule has 0 heterocycles. The number of aliphatic hydroxyl groups is 1. The second-order valence-electron chi connectivity index (χ2n) is 3.38. The fourth-order valence-corrected chi connectivity index (χ4v) is 1.79. The van der Waals surface area contributed by atoms with Crippen molar-refractivity contribution in [3.8, 4) is 0 Å². The normalized spacial score (nSPS) is 14.8. The van der Waals surface area contributed by atoms with Gasteiger partial charge in [-0.1, -0.05) is 35.3 Å². The Morgan fingerprint density at radius 1 is 1.38 bits per heavy atom. The zero-order valence-electron chi connectivity index (χ0n) is 9.11. The van der Waals surface area contributed by atoms with Gasteiger partial charge in [0.25, 0.3) is 0 Å². The third-order valence-corrected chi connectivity index (χ3v) is 2.93. The number of halogens is 2. The first-order valence-corrected chi connectivity index (χ1v) is 5.56. The van der Waals surface area contributed by atoms with Crippen molar-refractivity contribution in [1.29, 1.82) is 0 Å². The van der Waals surface area contributed by atoms with Crippen LogP contribution in [0.3, 0.4) is 0 Å². The largest absolute Gasteiger partial charge is 0.390 e. The van der Waals surface area contributed by atoms with Crippen molar-refractivity contribution in [2.24, 2.45) is 0 Å². The molecule has 1 rings (SSSR count). The summed E-state index contributed by atoms with van der Waals surface area (Å²) in [6.07, 6.45) is -1.25. The first-order chi connectivity index (χ1) is 7.57. The Morgan fingerprint density at radius 2 is 2.06 bits per heavy atom. The molecule has 90 valence electrons. The molecule has 1 aromatic carbocycles. The van der Waals surface area contributed by atoms with E-state index in [0.29, 0.717) is 15.6 Å². The molecular weight excluding hydrogens is 251 g/mol. The number of hydrogen-bond donors (Lipinski definition) is 1. The standard InChI is InChI=1S/C11H14Cl2O3/c1-7(14)11(16-6-15-2)8-4-3-5-9(12)10(8)13/h3-5,7,11,14H,6H2,1-2H3/t7-,11+/m1/s1. The van der Waals surface area contributed by atoms with Crippen molar-refractivity contribution in [1.82, 2.24) is 0 Å². The van der Waals surface area contributed by atoms with Gasteiger partial charge in [-0.3, -0.25) is 0 Å². The number of ether oxygens (including phenoxy) is 2. The highest BCUT2D eigenvalue weighted by molar-refractivity contribution is 6.42. The monoisotopic (exact) mass is 264 g/mol. The molecule has 16 heavy (non-hydrogen) atoms. The van der Waals surface area contributed by atoms with E-state index in [9.17, 15) is 5.11 Å². The zero-order valence-corrected chi connectivity index (χ0v) is 10.6. The van der Waals surface area contributed by atoms with Crippen LogP contribution in [-0.4, -0.2) is 25.1 Å². The third kappa shape index (κ3) is 3.34. The Kier molecular flexibility index (Phi) is 5.52. The first kappa shape index (κ1) is 13.7. The van der Waals surface area contributed by atoms with Crippen LogP contribution in [0.4, 0.5) is 0 Å². The van der Waals surface area contributed by atoms with E-state index in [0.717, 1.165) is 0 Å². The predicted molar refractivity (Wildman–Crippen MR) is 63.8 cm³/mol. The van der Waals surface area contributed by atoms with Crippen LogP contribution in [0.25, 0.3) is 0 Å². The average Bonchev–Trinajstić information content (AvgIpc) is 2.24. The van der Waals surface area contributed by atoms with Crippen LogP contribution in [0.2, 0.25) is 10.0 Å². The quantitative estimate of drug-likeness (QED) is 0.831. The second-order valence-corrected chi connectivity index (χ2v) is 4.16. The number of hydrogen-bond acceptors (Lipinski definition) is 3. The minimum atomic E-state index is -0.703. The van der Waals surface area contributed by atoms with Crippen LogP contribution >= 0.6 is 23.2 Å². The maximum atomic E-state index is 9.63. The summed E-state index contributed by atoms with van der Waals surface area (Å²) in [5.74, 6) is 0. The van der Waals surface area contributed by atoms with Gasteiger partial charge in [0.1, 0.15) is 12.9 Å². The lowest BCUT2D eigenvalue weighted by Gasteiger charge is -2.21. The van der Waals surface area contributed by atoms with Crippen molar-refractivity contribution in [2.45, 2.75) is 19.1 Å². The molecule has 0 fully saturated rings. The number of methoxy groups -OCH3 is 1. The van der Waals surface area contributed by atoms with E-state index in [1.165, 1.54) is 7.11 Å². The summed E-state index contributed by atoms with van der Waals surface area (Å²) in [7, 11) is 1.51. The summed E-state index contributed by atoms with van der Waals surface area (Å²) in [5, 5.41) is 10.5. The zero-order chi connectivity index (χ0) is 12.1. The Hall–Kier alpha value is -0.320. The SMILES string of the molecule is COCO[C@H](c1cccc(Cl)c1Cl)[C@@H](C)O. The number of aliphatic hydroxyl groups excluding tert-OH is 1. The van der Waals surface area contributed by atoms with Crippen molar-refractivity contribution < 1.29 is 14.6 Å². The molecule has 0 aliphatic rings. The highest BCUT2D eigenvalue weighted by Gasteiger charge is 2.21. The van der Waals surface area contributed by atoms with E-state index >= 15 is 0 Å². The summed E-state index contributed by atoms with van der Waals surface area (Å²) in [5.41, 5.74) is 0.654. The van der Waals surface area contributed by atoms with Gasteiger partial charge in [-0.2, -0.15) is 0 Å². The molecule has 0 amide bonds. The van der Waals surface area contributed by atoms with E-state index in [4.69, 9.17) is 32.7 Å². The second kappa shape index (κ2) is 6.42. The van der Waals surface area contributed by atoms with Gasteiger partial charge in [0, 0.05) is 12.7 Å². The van der Waals surface area contributed by atoms with Gasteiger partial charge in [-0.25, -0.2) is 0 Å². The van der Waals surface area contributed by atoms with Gasteiger partial charge in [0.05, 0.1) is 16.1 Å². The van der Waals surface area contributed by atoms with Crippen LogP contribution in [-0.2, 0) is 9.47 Å². The van der Waals surface area contributed by atoms with E-state index < -0.39 is 12.2 Å². The molecule has 0 saturated carbocycles. The highest BCUT2D eigenvalue weighted by Crippen LogP contribution is 2.33. The lowest BCUT2D eigenvalue weighted by Crippen LogP contribution is -2.19. The maximum Gasteiger partial charge on any atom is 0.147 e. The van der Waals surface area contributed by atoms with Gasteiger partial charge >= 0.3 is 0 Å². The smallest absolute Gasteiger partial charge is 0.147 e. The summed E-state index contributed by atoms with van der Waals surface area (Å²) in [6.45, 7) is 1.70. The number of rotatable bonds is 5. The molecular formula is C11H14Cl2O3. The molecule has 0 saturated heterocycles. The van der Waals surface area contributed by atoms with Gasteiger partial charge in [-0.15, -0.1) is 0 Å².